The molecule has 0 aromatic rings. The molecule has 1 rings (SSSR count). The van der Waals surface area contributed by atoms with E-state index in [1.165, 1.54) is 0 Å². The average molecular weight is 272 g/mol. The summed E-state index contributed by atoms with van der Waals surface area (Å²) >= 11 is 5.77. The summed E-state index contributed by atoms with van der Waals surface area (Å²) in [7, 11) is 0. The van der Waals surface area contributed by atoms with Crippen LogP contribution in [0.4, 0.5) is 0 Å². The number of nitrogens with one attached hydrogen (secondary N) is 1. The number of nitriles is 1. The highest BCUT2D eigenvalue weighted by atomic mass is 35.5. The monoisotopic (exact) mass is 271 g/mol. The molecule has 0 saturated carbocycles. The summed E-state index contributed by atoms with van der Waals surface area (Å²) in [5.41, 5.74) is 5.17. The molecule has 1 heterocycles. The molecule has 0 amide bonds. The van der Waals surface area contributed by atoms with Crippen molar-refractivity contribution in [3.05, 3.63) is 22.0 Å². The molecule has 3 N–H and O–H groups in total. The number of nitrogens with zero attached hydrogens (tertiary/aromatic N) is 1. The van der Waals surface area contributed by atoms with Gasteiger partial charge in [-0.25, -0.2) is 4.79 Å². The molecule has 7 nitrogen and oxygen atoms in total. The molecule has 18 heavy (non-hydrogen) atoms. The molecule has 1 unspecified atom stereocenters. The standard InChI is InChI=1S/C10H10ClN3O4/c1-2-17-10(16)6-5(3-12)8(11)14-9(7(6)13)18-4-15/h4,9,14H,2,13H2,1H3. The van der Waals surface area contributed by atoms with E-state index in [-0.39, 0.29) is 35.1 Å². The van der Waals surface area contributed by atoms with Gasteiger partial charge in [0, 0.05) is 0 Å². The van der Waals surface area contributed by atoms with E-state index in [2.05, 4.69) is 10.1 Å². The number of dihydropyridines is 1. The summed E-state index contributed by atoms with van der Waals surface area (Å²) in [4.78, 5) is 22.0. The molecular formula is C10H10ClN3O4. The van der Waals surface area contributed by atoms with Gasteiger partial charge in [0.2, 0.25) is 6.23 Å². The van der Waals surface area contributed by atoms with Crippen molar-refractivity contribution >= 4 is 24.0 Å². The highest BCUT2D eigenvalue weighted by Gasteiger charge is 2.32. The van der Waals surface area contributed by atoms with Crippen LogP contribution in [0.2, 0.25) is 0 Å². The van der Waals surface area contributed by atoms with Crippen LogP contribution in [0.3, 0.4) is 0 Å². The molecule has 96 valence electrons. The largest absolute Gasteiger partial charge is 0.462 e. The molecule has 0 aliphatic carbocycles. The zero-order chi connectivity index (χ0) is 13.7. The van der Waals surface area contributed by atoms with Crippen molar-refractivity contribution in [3.63, 3.8) is 0 Å². The molecule has 0 aromatic carbocycles. The average Bonchev–Trinajstić information content (AvgIpc) is 2.33. The number of carbonyl (C=O) groups is 2. The number of halogens is 1. The van der Waals surface area contributed by atoms with E-state index >= 15 is 0 Å². The Bertz CT molecular complexity index is 478. The van der Waals surface area contributed by atoms with Gasteiger partial charge in [-0.15, -0.1) is 0 Å². The zero-order valence-corrected chi connectivity index (χ0v) is 10.2. The number of rotatable bonds is 4. The predicted octanol–water partition coefficient (Wildman–Crippen LogP) is -0.161. The molecule has 0 aromatic heterocycles. The third-order valence-electron chi connectivity index (χ3n) is 2.08. The Morgan fingerprint density at radius 2 is 2.39 bits per heavy atom. The summed E-state index contributed by atoms with van der Waals surface area (Å²) in [5.74, 6) is -0.800. The number of hydrogen-bond donors (Lipinski definition) is 2. The molecule has 0 spiro atoms. The van der Waals surface area contributed by atoms with Crippen LogP contribution in [-0.2, 0) is 19.1 Å². The Kier molecular flexibility index (Phi) is 4.57. The van der Waals surface area contributed by atoms with Gasteiger partial charge in [0.25, 0.3) is 6.47 Å². The molecule has 8 heteroatoms. The van der Waals surface area contributed by atoms with Crippen LogP contribution >= 0.6 is 11.6 Å². The summed E-state index contributed by atoms with van der Waals surface area (Å²) in [6.07, 6.45) is -1.11. The Morgan fingerprint density at radius 3 is 2.89 bits per heavy atom. The van der Waals surface area contributed by atoms with Crippen LogP contribution in [0, 0.1) is 11.3 Å². The maximum atomic E-state index is 11.7. The third-order valence-corrected chi connectivity index (χ3v) is 2.38. The molecule has 0 radical (unpaired) electrons. The minimum absolute atomic E-state index is 0.110. The number of esters is 1. The lowest BCUT2D eigenvalue weighted by molar-refractivity contribution is -0.139. The number of nitrogens with two attached hydrogens (primary N) is 1. The second-order valence-electron chi connectivity index (χ2n) is 3.11. The van der Waals surface area contributed by atoms with Crippen molar-refractivity contribution < 1.29 is 19.1 Å². The van der Waals surface area contributed by atoms with Crippen LogP contribution in [0.25, 0.3) is 0 Å². The van der Waals surface area contributed by atoms with E-state index in [9.17, 15) is 9.59 Å². The normalized spacial score (nSPS) is 18.8. The third kappa shape index (κ3) is 2.55. The van der Waals surface area contributed by atoms with E-state index in [0.717, 1.165) is 0 Å². The highest BCUT2D eigenvalue weighted by molar-refractivity contribution is 6.30. The summed E-state index contributed by atoms with van der Waals surface area (Å²) in [6.45, 7) is 1.86. The van der Waals surface area contributed by atoms with Gasteiger partial charge in [0.15, 0.2) is 0 Å². The predicted molar refractivity (Wildman–Crippen MR) is 60.4 cm³/mol. The first-order valence-electron chi connectivity index (χ1n) is 4.89. The Hall–Kier alpha value is -2.20. The lowest BCUT2D eigenvalue weighted by atomic mass is 10.0. The van der Waals surface area contributed by atoms with Crippen LogP contribution in [0.15, 0.2) is 22.0 Å². The Labute approximate surface area is 108 Å². The number of hydrogen-bond acceptors (Lipinski definition) is 7. The van der Waals surface area contributed by atoms with E-state index in [0.29, 0.717) is 0 Å². The molecule has 0 fully saturated rings. The lowest BCUT2D eigenvalue weighted by Gasteiger charge is -2.25. The van der Waals surface area contributed by atoms with Gasteiger partial charge in [-0.05, 0) is 6.92 Å². The van der Waals surface area contributed by atoms with Gasteiger partial charge in [0.1, 0.15) is 22.4 Å². The van der Waals surface area contributed by atoms with E-state index in [1.807, 2.05) is 0 Å². The second kappa shape index (κ2) is 5.93. The maximum absolute atomic E-state index is 11.7. The topological polar surface area (TPSA) is 114 Å². The van der Waals surface area contributed by atoms with Crippen LogP contribution in [0.1, 0.15) is 6.92 Å². The smallest absolute Gasteiger partial charge is 0.341 e. The van der Waals surface area contributed by atoms with E-state index in [4.69, 9.17) is 27.3 Å². The fraction of sp³-hybridized carbons (Fsp3) is 0.300. The van der Waals surface area contributed by atoms with Crippen molar-refractivity contribution in [3.8, 4) is 6.07 Å². The van der Waals surface area contributed by atoms with Crippen molar-refractivity contribution in [1.82, 2.24) is 5.32 Å². The van der Waals surface area contributed by atoms with Gasteiger partial charge in [0.05, 0.1) is 12.3 Å². The fourth-order valence-corrected chi connectivity index (χ4v) is 1.58. The summed E-state index contributed by atoms with van der Waals surface area (Å²) in [6, 6.07) is 1.74. The highest BCUT2D eigenvalue weighted by Crippen LogP contribution is 2.26. The van der Waals surface area contributed by atoms with Gasteiger partial charge < -0.3 is 20.5 Å². The first-order valence-corrected chi connectivity index (χ1v) is 5.27. The van der Waals surface area contributed by atoms with Crippen molar-refractivity contribution in [1.29, 1.82) is 5.26 Å². The lowest BCUT2D eigenvalue weighted by Crippen LogP contribution is -2.41. The quantitative estimate of drug-likeness (QED) is 0.415. The van der Waals surface area contributed by atoms with Gasteiger partial charge in [-0.1, -0.05) is 11.6 Å². The van der Waals surface area contributed by atoms with Crippen molar-refractivity contribution in [2.24, 2.45) is 5.73 Å². The minimum Gasteiger partial charge on any atom is -0.462 e. The zero-order valence-electron chi connectivity index (χ0n) is 9.40. The minimum atomic E-state index is -1.11. The molecular weight excluding hydrogens is 262 g/mol. The molecule has 1 aliphatic heterocycles. The SMILES string of the molecule is CCOC(=O)C1=C(N)C(OC=O)NC(Cl)=C1C#N. The molecule has 0 saturated heterocycles. The first kappa shape index (κ1) is 13.9. The van der Waals surface area contributed by atoms with E-state index in [1.54, 1.807) is 13.0 Å². The van der Waals surface area contributed by atoms with Gasteiger partial charge in [-0.3, -0.25) is 4.79 Å². The summed E-state index contributed by atoms with van der Waals surface area (Å²) in [5, 5.41) is 11.3. The van der Waals surface area contributed by atoms with Crippen LogP contribution in [0.5, 0.6) is 0 Å². The van der Waals surface area contributed by atoms with E-state index < -0.39 is 12.2 Å². The van der Waals surface area contributed by atoms with Gasteiger partial charge in [-0.2, -0.15) is 5.26 Å². The first-order chi connectivity index (χ1) is 8.56. The maximum Gasteiger partial charge on any atom is 0.341 e. The van der Waals surface area contributed by atoms with Crippen LogP contribution in [-0.4, -0.2) is 25.3 Å². The number of carbonyl (C=O) groups excluding carboxylic acids is 2. The molecule has 0 bridgehead atoms. The Balaban J connectivity index is 3.25. The van der Waals surface area contributed by atoms with Crippen molar-refractivity contribution in [2.45, 2.75) is 13.2 Å². The summed E-state index contributed by atoms with van der Waals surface area (Å²) < 4.78 is 9.37. The molecule has 1 aliphatic rings. The van der Waals surface area contributed by atoms with Crippen LogP contribution < -0.4 is 11.1 Å². The number of ether oxygens (including phenoxy) is 2. The van der Waals surface area contributed by atoms with Crippen molar-refractivity contribution in [2.75, 3.05) is 6.61 Å². The van der Waals surface area contributed by atoms with Gasteiger partial charge >= 0.3 is 5.97 Å². The molecule has 1 atom stereocenters. The second-order valence-corrected chi connectivity index (χ2v) is 3.49. The fourth-order valence-electron chi connectivity index (χ4n) is 1.34. The Morgan fingerprint density at radius 1 is 1.72 bits per heavy atom.